The fourth-order valence-corrected chi connectivity index (χ4v) is 1.57. The predicted molar refractivity (Wildman–Crippen MR) is 70.9 cm³/mol. The topological polar surface area (TPSA) is 98.2 Å². The van der Waals surface area contributed by atoms with Gasteiger partial charge in [-0.25, -0.2) is 0 Å². The van der Waals surface area contributed by atoms with Crippen LogP contribution in [0.4, 0.5) is 5.69 Å². The fraction of sp³-hybridized carbons (Fsp3) is 0.385. The predicted octanol–water partition coefficient (Wildman–Crippen LogP) is 0.780. The van der Waals surface area contributed by atoms with Crippen LogP contribution in [-0.2, 0) is 16.0 Å². The van der Waals surface area contributed by atoms with Gasteiger partial charge in [0.2, 0.25) is 11.8 Å². The molecule has 0 fully saturated rings. The molecule has 1 aromatic carbocycles. The van der Waals surface area contributed by atoms with E-state index in [1.165, 1.54) is 0 Å². The van der Waals surface area contributed by atoms with Gasteiger partial charge in [-0.05, 0) is 18.1 Å². The van der Waals surface area contributed by atoms with Crippen LogP contribution in [0, 0.1) is 0 Å². The van der Waals surface area contributed by atoms with Gasteiger partial charge in [0.25, 0.3) is 0 Å². The van der Waals surface area contributed by atoms with E-state index < -0.39 is 5.91 Å². The molecule has 0 aliphatic rings. The van der Waals surface area contributed by atoms with Crippen molar-refractivity contribution in [1.82, 2.24) is 0 Å². The van der Waals surface area contributed by atoms with Crippen molar-refractivity contribution in [3.05, 3.63) is 29.8 Å². The first-order chi connectivity index (χ1) is 8.52. The molecule has 98 valence electrons. The van der Waals surface area contributed by atoms with Crippen molar-refractivity contribution in [3.8, 4) is 0 Å². The largest absolute Gasteiger partial charge is 0.369 e. The van der Waals surface area contributed by atoms with Gasteiger partial charge in [-0.2, -0.15) is 0 Å². The summed E-state index contributed by atoms with van der Waals surface area (Å²) in [6.07, 6.45) is 1.12. The third-order valence-corrected chi connectivity index (χ3v) is 2.63. The second-order valence-electron chi connectivity index (χ2n) is 4.22. The Morgan fingerprint density at radius 3 is 2.61 bits per heavy atom. The lowest BCUT2D eigenvalue weighted by Crippen LogP contribution is -2.26. The Morgan fingerprint density at radius 1 is 1.33 bits per heavy atom. The minimum Gasteiger partial charge on any atom is -0.369 e. The van der Waals surface area contributed by atoms with Crippen molar-refractivity contribution in [3.63, 3.8) is 0 Å². The van der Waals surface area contributed by atoms with E-state index in [0.717, 1.165) is 6.42 Å². The van der Waals surface area contributed by atoms with Crippen LogP contribution < -0.4 is 16.8 Å². The molecule has 1 rings (SSSR count). The van der Waals surface area contributed by atoms with E-state index in [-0.39, 0.29) is 24.8 Å². The molecule has 0 heterocycles. The highest BCUT2D eigenvalue weighted by Crippen LogP contribution is 2.16. The number of para-hydroxylation sites is 1. The molecule has 0 saturated carbocycles. The monoisotopic (exact) mass is 249 g/mol. The Labute approximate surface area is 107 Å². The molecule has 18 heavy (non-hydrogen) atoms. The summed E-state index contributed by atoms with van der Waals surface area (Å²) in [5, 5.41) is 2.75. The first-order valence-corrected chi connectivity index (χ1v) is 5.94. The Kier molecular flexibility index (Phi) is 5.32. The zero-order valence-corrected chi connectivity index (χ0v) is 10.5. The molecule has 0 bridgehead atoms. The molecule has 1 unspecified atom stereocenters. The summed E-state index contributed by atoms with van der Waals surface area (Å²) < 4.78 is 0. The zero-order valence-electron chi connectivity index (χ0n) is 10.5. The molecule has 5 nitrogen and oxygen atoms in total. The van der Waals surface area contributed by atoms with Crippen LogP contribution in [0.2, 0.25) is 0 Å². The van der Waals surface area contributed by atoms with E-state index in [1.807, 2.05) is 6.92 Å². The molecule has 1 aromatic rings. The first kappa shape index (κ1) is 14.2. The van der Waals surface area contributed by atoms with Crippen LogP contribution >= 0.6 is 0 Å². The van der Waals surface area contributed by atoms with Crippen LogP contribution in [-0.4, -0.2) is 17.9 Å². The third kappa shape index (κ3) is 4.55. The maximum absolute atomic E-state index is 11.7. The Morgan fingerprint density at radius 2 is 2.00 bits per heavy atom. The molecule has 0 aromatic heterocycles. The van der Waals surface area contributed by atoms with Crippen LogP contribution in [0.1, 0.15) is 25.3 Å². The first-order valence-electron chi connectivity index (χ1n) is 5.94. The standard InChI is InChI=1S/C13H19N3O2/c1-2-10(14)8-13(18)16-11-6-4-3-5-9(11)7-12(15)17/h3-6,10H,2,7-8,14H2,1H3,(H2,15,17)(H,16,18). The zero-order chi connectivity index (χ0) is 13.5. The number of hydrogen-bond acceptors (Lipinski definition) is 3. The van der Waals surface area contributed by atoms with E-state index in [9.17, 15) is 9.59 Å². The van der Waals surface area contributed by atoms with Gasteiger partial charge in [-0.1, -0.05) is 25.1 Å². The van der Waals surface area contributed by atoms with E-state index in [0.29, 0.717) is 11.3 Å². The average molecular weight is 249 g/mol. The summed E-state index contributed by atoms with van der Waals surface area (Å²) in [5.41, 5.74) is 12.2. The average Bonchev–Trinajstić information content (AvgIpc) is 2.30. The summed E-state index contributed by atoms with van der Waals surface area (Å²) in [6, 6.07) is 6.95. The van der Waals surface area contributed by atoms with E-state index in [2.05, 4.69) is 5.32 Å². The molecule has 0 spiro atoms. The normalized spacial score (nSPS) is 11.9. The summed E-state index contributed by atoms with van der Waals surface area (Å²) in [7, 11) is 0. The number of hydrogen-bond donors (Lipinski definition) is 3. The van der Waals surface area contributed by atoms with Crippen LogP contribution in [0.3, 0.4) is 0 Å². The number of nitrogens with two attached hydrogens (primary N) is 2. The lowest BCUT2D eigenvalue weighted by atomic mass is 10.1. The Bertz CT molecular complexity index is 432. The van der Waals surface area contributed by atoms with Gasteiger partial charge in [0.1, 0.15) is 0 Å². The molecule has 0 aliphatic carbocycles. The van der Waals surface area contributed by atoms with Crippen LogP contribution in [0.25, 0.3) is 0 Å². The van der Waals surface area contributed by atoms with Gasteiger partial charge in [0.15, 0.2) is 0 Å². The van der Waals surface area contributed by atoms with E-state index >= 15 is 0 Å². The Balaban J connectivity index is 2.71. The van der Waals surface area contributed by atoms with Crippen molar-refractivity contribution >= 4 is 17.5 Å². The van der Waals surface area contributed by atoms with Crippen LogP contribution in [0.5, 0.6) is 0 Å². The second kappa shape index (κ2) is 6.76. The number of carbonyl (C=O) groups excluding carboxylic acids is 2. The fourth-order valence-electron chi connectivity index (χ4n) is 1.57. The van der Waals surface area contributed by atoms with Crippen molar-refractivity contribution in [2.75, 3.05) is 5.32 Å². The van der Waals surface area contributed by atoms with Gasteiger partial charge in [0.05, 0.1) is 6.42 Å². The van der Waals surface area contributed by atoms with E-state index in [4.69, 9.17) is 11.5 Å². The minimum absolute atomic E-state index is 0.107. The van der Waals surface area contributed by atoms with Crippen molar-refractivity contribution in [1.29, 1.82) is 0 Å². The van der Waals surface area contributed by atoms with Gasteiger partial charge in [0, 0.05) is 18.2 Å². The number of rotatable bonds is 6. The summed E-state index contributed by atoms with van der Waals surface area (Å²) in [4.78, 5) is 22.6. The molecule has 5 heteroatoms. The molecule has 0 aliphatic heterocycles. The summed E-state index contributed by atoms with van der Waals surface area (Å²) in [5.74, 6) is -0.580. The number of nitrogens with one attached hydrogen (secondary N) is 1. The van der Waals surface area contributed by atoms with Crippen molar-refractivity contribution < 1.29 is 9.59 Å². The van der Waals surface area contributed by atoms with E-state index in [1.54, 1.807) is 24.3 Å². The highest BCUT2D eigenvalue weighted by atomic mass is 16.2. The number of benzene rings is 1. The second-order valence-corrected chi connectivity index (χ2v) is 4.22. The van der Waals surface area contributed by atoms with Crippen molar-refractivity contribution in [2.45, 2.75) is 32.2 Å². The molecule has 2 amide bonds. The van der Waals surface area contributed by atoms with Gasteiger partial charge in [-0.3, -0.25) is 9.59 Å². The summed E-state index contributed by atoms with van der Waals surface area (Å²) >= 11 is 0. The number of anilines is 1. The maximum Gasteiger partial charge on any atom is 0.225 e. The lowest BCUT2D eigenvalue weighted by Gasteiger charge is -2.12. The molecular weight excluding hydrogens is 230 g/mol. The molecule has 0 radical (unpaired) electrons. The van der Waals surface area contributed by atoms with Gasteiger partial charge < -0.3 is 16.8 Å². The van der Waals surface area contributed by atoms with Gasteiger partial charge >= 0.3 is 0 Å². The molecule has 0 saturated heterocycles. The molecule has 5 N–H and O–H groups in total. The highest BCUT2D eigenvalue weighted by molar-refractivity contribution is 5.92. The molecular formula is C13H19N3O2. The number of carbonyl (C=O) groups is 2. The number of amides is 2. The van der Waals surface area contributed by atoms with Gasteiger partial charge in [-0.15, -0.1) is 0 Å². The number of primary amides is 1. The Hall–Kier alpha value is -1.88. The van der Waals surface area contributed by atoms with Crippen molar-refractivity contribution in [2.24, 2.45) is 11.5 Å². The molecule has 1 atom stereocenters. The lowest BCUT2D eigenvalue weighted by molar-refractivity contribution is -0.118. The van der Waals surface area contributed by atoms with Crippen LogP contribution in [0.15, 0.2) is 24.3 Å². The smallest absolute Gasteiger partial charge is 0.225 e. The quantitative estimate of drug-likeness (QED) is 0.694. The third-order valence-electron chi connectivity index (χ3n) is 2.63. The maximum atomic E-state index is 11.7. The summed E-state index contributed by atoms with van der Waals surface area (Å²) in [6.45, 7) is 1.93. The SMILES string of the molecule is CCC(N)CC(=O)Nc1ccccc1CC(N)=O. The minimum atomic E-state index is -0.429. The highest BCUT2D eigenvalue weighted by Gasteiger charge is 2.10.